The molecule has 0 fully saturated rings. The monoisotopic (exact) mass is 205 g/mol. The molecule has 0 atom stereocenters. The van der Waals surface area contributed by atoms with Gasteiger partial charge in [-0.25, -0.2) is 0 Å². The van der Waals surface area contributed by atoms with E-state index in [4.69, 9.17) is 5.73 Å². The van der Waals surface area contributed by atoms with Gasteiger partial charge in [-0.15, -0.1) is 0 Å². The molecule has 0 aromatic carbocycles. The summed E-state index contributed by atoms with van der Waals surface area (Å²) in [7, 11) is 0. The molecule has 2 rings (SSSR count). The number of nitrogens with one attached hydrogen (secondary N) is 1. The maximum Gasteiger partial charge on any atom is 0.272 e. The summed E-state index contributed by atoms with van der Waals surface area (Å²) in [6.45, 7) is 1.56. The second-order valence-electron chi connectivity index (χ2n) is 3.62. The van der Waals surface area contributed by atoms with Gasteiger partial charge in [0.2, 0.25) is 0 Å². The molecular formula is C11H15N3O. The Bertz CT molecular complexity index is 498. The van der Waals surface area contributed by atoms with E-state index in [1.54, 1.807) is 6.20 Å². The molecule has 4 heteroatoms. The fourth-order valence-electron chi connectivity index (χ4n) is 1.77. The van der Waals surface area contributed by atoms with Crippen LogP contribution < -0.4 is 11.3 Å². The van der Waals surface area contributed by atoms with Crippen LogP contribution in [0.1, 0.15) is 12.8 Å². The van der Waals surface area contributed by atoms with E-state index in [0.29, 0.717) is 6.54 Å². The maximum atomic E-state index is 11.6. The number of aryl methyl sites for hydroxylation is 1. The van der Waals surface area contributed by atoms with Crippen LogP contribution in [0.5, 0.6) is 0 Å². The summed E-state index contributed by atoms with van der Waals surface area (Å²) in [5.41, 5.74) is 6.17. The molecule has 0 bridgehead atoms. The van der Waals surface area contributed by atoms with E-state index in [2.05, 4.69) is 4.98 Å². The molecule has 0 aliphatic heterocycles. The Hall–Kier alpha value is -1.55. The third kappa shape index (κ3) is 1.94. The molecule has 3 N–H and O–H groups in total. The first-order chi connectivity index (χ1) is 7.33. The number of pyridine rings is 1. The normalized spacial score (nSPS) is 11.0. The molecule has 2 heterocycles. The van der Waals surface area contributed by atoms with Gasteiger partial charge in [0.25, 0.3) is 5.56 Å². The molecule has 15 heavy (non-hydrogen) atoms. The van der Waals surface area contributed by atoms with Crippen molar-refractivity contribution in [2.24, 2.45) is 5.73 Å². The summed E-state index contributed by atoms with van der Waals surface area (Å²) >= 11 is 0. The second kappa shape index (κ2) is 4.31. The third-order valence-electron chi connectivity index (χ3n) is 2.54. The average molecular weight is 205 g/mol. The van der Waals surface area contributed by atoms with E-state index in [0.717, 1.165) is 30.3 Å². The number of hydrogen-bond acceptors (Lipinski definition) is 2. The van der Waals surface area contributed by atoms with Gasteiger partial charge in [0.05, 0.1) is 0 Å². The van der Waals surface area contributed by atoms with Crippen molar-refractivity contribution in [2.45, 2.75) is 19.4 Å². The molecule has 0 saturated carbocycles. The van der Waals surface area contributed by atoms with Gasteiger partial charge in [-0.05, 0) is 31.5 Å². The zero-order valence-electron chi connectivity index (χ0n) is 8.57. The predicted molar refractivity (Wildman–Crippen MR) is 60.8 cm³/mol. The molecule has 80 valence electrons. The second-order valence-corrected chi connectivity index (χ2v) is 3.62. The number of nitrogens with two attached hydrogens (primary N) is 1. The van der Waals surface area contributed by atoms with Crippen LogP contribution in [0.25, 0.3) is 10.9 Å². The lowest BCUT2D eigenvalue weighted by molar-refractivity contribution is 0.629. The van der Waals surface area contributed by atoms with Crippen molar-refractivity contribution < 1.29 is 0 Å². The summed E-state index contributed by atoms with van der Waals surface area (Å²) in [6.07, 6.45) is 5.63. The number of unbranched alkanes of at least 4 members (excludes halogenated alkanes) is 1. The molecule has 2 aromatic heterocycles. The van der Waals surface area contributed by atoms with E-state index in [1.165, 1.54) is 0 Å². The summed E-state index contributed by atoms with van der Waals surface area (Å²) < 4.78 is 1.99. The van der Waals surface area contributed by atoms with Gasteiger partial charge in [-0.3, -0.25) is 4.79 Å². The minimum atomic E-state index is -0.0229. The minimum absolute atomic E-state index is 0.0229. The van der Waals surface area contributed by atoms with Crippen LogP contribution in [0.2, 0.25) is 0 Å². The zero-order chi connectivity index (χ0) is 10.7. The fourth-order valence-corrected chi connectivity index (χ4v) is 1.77. The van der Waals surface area contributed by atoms with Crippen molar-refractivity contribution in [3.05, 3.63) is 34.9 Å². The van der Waals surface area contributed by atoms with Crippen LogP contribution in [0.4, 0.5) is 0 Å². The Morgan fingerprint density at radius 3 is 3.00 bits per heavy atom. The molecule has 0 aliphatic rings. The number of aromatic nitrogens is 2. The average Bonchev–Trinajstić information content (AvgIpc) is 2.63. The quantitative estimate of drug-likeness (QED) is 0.733. The zero-order valence-corrected chi connectivity index (χ0v) is 8.57. The van der Waals surface area contributed by atoms with E-state index in [-0.39, 0.29) is 5.56 Å². The summed E-state index contributed by atoms with van der Waals surface area (Å²) in [5, 5.41) is 0.992. The standard InChI is InChI=1S/C11H15N3O/c12-5-1-2-7-14-8-4-9-3-6-13-11(15)10(9)14/h3-4,6,8H,1-2,5,7,12H2,(H,13,15). The highest BCUT2D eigenvalue weighted by atomic mass is 16.1. The van der Waals surface area contributed by atoms with Gasteiger partial charge >= 0.3 is 0 Å². The van der Waals surface area contributed by atoms with Gasteiger partial charge < -0.3 is 15.3 Å². The van der Waals surface area contributed by atoms with Gasteiger partial charge in [0.15, 0.2) is 0 Å². The van der Waals surface area contributed by atoms with Gasteiger partial charge in [-0.1, -0.05) is 0 Å². The van der Waals surface area contributed by atoms with Crippen LogP contribution in [-0.2, 0) is 6.54 Å². The Morgan fingerprint density at radius 2 is 2.20 bits per heavy atom. The van der Waals surface area contributed by atoms with Crippen molar-refractivity contribution in [3.8, 4) is 0 Å². The summed E-state index contributed by atoms with van der Waals surface area (Å²) in [4.78, 5) is 14.3. The van der Waals surface area contributed by atoms with Crippen molar-refractivity contribution in [3.63, 3.8) is 0 Å². The molecule has 0 unspecified atom stereocenters. The number of nitrogens with zero attached hydrogens (tertiary/aromatic N) is 1. The Morgan fingerprint density at radius 1 is 1.33 bits per heavy atom. The smallest absolute Gasteiger partial charge is 0.272 e. The molecule has 0 radical (unpaired) electrons. The highest BCUT2D eigenvalue weighted by molar-refractivity contribution is 5.78. The first kappa shape index (κ1) is 9.98. The number of fused-ring (bicyclic) bond motifs is 1. The lowest BCUT2D eigenvalue weighted by Crippen LogP contribution is -2.10. The molecule has 0 amide bonds. The summed E-state index contributed by atoms with van der Waals surface area (Å²) in [6, 6.07) is 3.88. The largest absolute Gasteiger partial charge is 0.343 e. The number of rotatable bonds is 4. The molecular weight excluding hydrogens is 190 g/mol. The summed E-state index contributed by atoms with van der Waals surface area (Å²) in [5.74, 6) is 0. The highest BCUT2D eigenvalue weighted by Gasteiger charge is 2.03. The first-order valence-corrected chi connectivity index (χ1v) is 5.19. The Labute approximate surface area is 87.7 Å². The van der Waals surface area contributed by atoms with Gasteiger partial charge in [-0.2, -0.15) is 0 Å². The van der Waals surface area contributed by atoms with E-state index in [1.807, 2.05) is 22.9 Å². The molecule has 0 aliphatic carbocycles. The number of hydrogen-bond donors (Lipinski definition) is 2. The van der Waals surface area contributed by atoms with Gasteiger partial charge in [0.1, 0.15) is 5.52 Å². The molecule has 0 spiro atoms. The molecule has 0 saturated heterocycles. The van der Waals surface area contributed by atoms with Crippen molar-refractivity contribution in [2.75, 3.05) is 6.54 Å². The van der Waals surface area contributed by atoms with Crippen molar-refractivity contribution in [1.82, 2.24) is 9.55 Å². The minimum Gasteiger partial charge on any atom is -0.343 e. The van der Waals surface area contributed by atoms with E-state index >= 15 is 0 Å². The predicted octanol–water partition coefficient (Wildman–Crippen LogP) is 1.07. The lowest BCUT2D eigenvalue weighted by Gasteiger charge is -2.03. The van der Waals surface area contributed by atoms with Crippen LogP contribution in [-0.4, -0.2) is 16.1 Å². The van der Waals surface area contributed by atoms with Crippen LogP contribution in [0.15, 0.2) is 29.3 Å². The Balaban J connectivity index is 2.32. The number of H-pyrrole nitrogens is 1. The fraction of sp³-hybridized carbons (Fsp3) is 0.364. The van der Waals surface area contributed by atoms with E-state index in [9.17, 15) is 4.79 Å². The van der Waals surface area contributed by atoms with Gasteiger partial charge in [0, 0.05) is 24.3 Å². The number of aromatic amines is 1. The van der Waals surface area contributed by atoms with Crippen LogP contribution in [0.3, 0.4) is 0 Å². The van der Waals surface area contributed by atoms with Crippen molar-refractivity contribution >= 4 is 10.9 Å². The highest BCUT2D eigenvalue weighted by Crippen LogP contribution is 2.10. The lowest BCUT2D eigenvalue weighted by atomic mass is 10.3. The Kier molecular flexibility index (Phi) is 2.87. The SMILES string of the molecule is NCCCCn1ccc2cc[nH]c(=O)c21. The molecule has 2 aromatic rings. The maximum absolute atomic E-state index is 11.6. The molecule has 4 nitrogen and oxygen atoms in total. The first-order valence-electron chi connectivity index (χ1n) is 5.19. The third-order valence-corrected chi connectivity index (χ3v) is 2.54. The van der Waals surface area contributed by atoms with Crippen LogP contribution in [0, 0.1) is 0 Å². The van der Waals surface area contributed by atoms with Crippen LogP contribution >= 0.6 is 0 Å². The van der Waals surface area contributed by atoms with E-state index < -0.39 is 0 Å². The topological polar surface area (TPSA) is 63.8 Å². The van der Waals surface area contributed by atoms with Crippen molar-refractivity contribution in [1.29, 1.82) is 0 Å².